The summed E-state index contributed by atoms with van der Waals surface area (Å²) in [4.78, 5) is 12.3. The van der Waals surface area contributed by atoms with E-state index in [9.17, 15) is 13.6 Å². The first-order valence-electron chi connectivity index (χ1n) is 8.43. The monoisotopic (exact) mass is 345 g/mol. The summed E-state index contributed by atoms with van der Waals surface area (Å²) in [5.74, 6) is -0.919. The largest absolute Gasteiger partial charge is 0.381 e. The summed E-state index contributed by atoms with van der Waals surface area (Å²) in [5.41, 5.74) is 0.874. The van der Waals surface area contributed by atoms with E-state index >= 15 is 0 Å². The number of ether oxygens (including phenoxy) is 1. The van der Waals surface area contributed by atoms with Gasteiger partial charge in [-0.2, -0.15) is 0 Å². The fraction of sp³-hybridized carbons (Fsp3) is 0.350. The van der Waals surface area contributed by atoms with Crippen molar-refractivity contribution in [1.29, 1.82) is 0 Å². The van der Waals surface area contributed by atoms with Gasteiger partial charge in [-0.3, -0.25) is 4.79 Å². The Bertz CT molecular complexity index is 742. The summed E-state index contributed by atoms with van der Waals surface area (Å²) in [5, 5.41) is 2.90. The molecule has 0 spiro atoms. The lowest BCUT2D eigenvalue weighted by atomic mass is 9.74. The highest BCUT2D eigenvalue weighted by molar-refractivity contribution is 5.78. The van der Waals surface area contributed by atoms with E-state index < -0.39 is 0 Å². The van der Waals surface area contributed by atoms with Crippen molar-refractivity contribution in [2.45, 2.75) is 24.7 Å². The van der Waals surface area contributed by atoms with E-state index in [1.807, 2.05) is 6.07 Å². The Morgan fingerprint density at radius 3 is 2.56 bits per heavy atom. The number of hydrogen-bond acceptors (Lipinski definition) is 2. The molecule has 1 aliphatic rings. The minimum atomic E-state index is -0.386. The van der Waals surface area contributed by atoms with E-state index in [1.165, 1.54) is 18.2 Å². The van der Waals surface area contributed by atoms with Crippen LogP contribution in [0.5, 0.6) is 0 Å². The van der Waals surface area contributed by atoms with Crippen molar-refractivity contribution < 1.29 is 18.3 Å². The zero-order chi connectivity index (χ0) is 17.7. The van der Waals surface area contributed by atoms with Gasteiger partial charge < -0.3 is 10.1 Å². The van der Waals surface area contributed by atoms with Gasteiger partial charge in [-0.15, -0.1) is 0 Å². The lowest BCUT2D eigenvalue weighted by molar-refractivity contribution is -0.121. The molecule has 0 aliphatic carbocycles. The van der Waals surface area contributed by atoms with E-state index in [0.29, 0.717) is 38.2 Å². The highest BCUT2D eigenvalue weighted by atomic mass is 19.1. The first-order chi connectivity index (χ1) is 12.1. The number of rotatable bonds is 5. The van der Waals surface area contributed by atoms with Crippen LogP contribution >= 0.6 is 0 Å². The molecule has 0 saturated carbocycles. The van der Waals surface area contributed by atoms with Crippen molar-refractivity contribution in [3.63, 3.8) is 0 Å². The maximum absolute atomic E-state index is 13.7. The Balaban J connectivity index is 1.71. The number of carbonyl (C=O) groups excluding carboxylic acids is 1. The summed E-state index contributed by atoms with van der Waals surface area (Å²) < 4.78 is 32.8. The molecule has 132 valence electrons. The van der Waals surface area contributed by atoms with Gasteiger partial charge in [0.15, 0.2) is 0 Å². The van der Waals surface area contributed by atoms with Gasteiger partial charge in [-0.05, 0) is 42.2 Å². The number of amides is 1. The lowest BCUT2D eigenvalue weighted by Gasteiger charge is -2.38. The molecule has 1 fully saturated rings. The predicted octanol–water partition coefficient (Wildman–Crippen LogP) is 3.37. The van der Waals surface area contributed by atoms with Crippen molar-refractivity contribution in [2.24, 2.45) is 0 Å². The maximum atomic E-state index is 13.7. The molecular weight excluding hydrogens is 324 g/mol. The van der Waals surface area contributed by atoms with Crippen LogP contribution in [0.25, 0.3) is 0 Å². The summed E-state index contributed by atoms with van der Waals surface area (Å²) in [6.45, 7) is 1.52. The Hall–Kier alpha value is -2.27. The lowest BCUT2D eigenvalue weighted by Crippen LogP contribution is -2.45. The number of benzene rings is 2. The molecular formula is C20H21F2NO2. The van der Waals surface area contributed by atoms with Gasteiger partial charge in [0.25, 0.3) is 0 Å². The first-order valence-corrected chi connectivity index (χ1v) is 8.43. The number of nitrogens with one attached hydrogen (secondary N) is 1. The van der Waals surface area contributed by atoms with Crippen LogP contribution in [-0.4, -0.2) is 25.7 Å². The van der Waals surface area contributed by atoms with Crippen LogP contribution < -0.4 is 5.32 Å². The first kappa shape index (κ1) is 17.5. The summed E-state index contributed by atoms with van der Waals surface area (Å²) in [6.07, 6.45) is 1.40. The molecule has 1 heterocycles. The highest BCUT2D eigenvalue weighted by Gasteiger charge is 2.35. The minimum absolute atomic E-state index is 0.0115. The summed E-state index contributed by atoms with van der Waals surface area (Å²) in [7, 11) is 0. The summed E-state index contributed by atoms with van der Waals surface area (Å²) in [6, 6.07) is 12.7. The van der Waals surface area contributed by atoms with Crippen LogP contribution in [0, 0.1) is 11.6 Å². The third kappa shape index (κ3) is 4.23. The molecule has 0 unspecified atom stereocenters. The number of halogens is 2. The average molecular weight is 345 g/mol. The van der Waals surface area contributed by atoms with Gasteiger partial charge >= 0.3 is 0 Å². The van der Waals surface area contributed by atoms with Crippen molar-refractivity contribution in [3.05, 3.63) is 71.3 Å². The van der Waals surface area contributed by atoms with Crippen molar-refractivity contribution in [3.8, 4) is 0 Å². The Kier molecular flexibility index (Phi) is 5.43. The number of hydrogen-bond donors (Lipinski definition) is 1. The Morgan fingerprint density at radius 1 is 1.08 bits per heavy atom. The quantitative estimate of drug-likeness (QED) is 0.902. The molecule has 1 aliphatic heterocycles. The third-order valence-corrected chi connectivity index (χ3v) is 4.82. The maximum Gasteiger partial charge on any atom is 0.224 e. The Labute approximate surface area is 146 Å². The van der Waals surface area contributed by atoms with E-state index in [1.54, 1.807) is 24.3 Å². The van der Waals surface area contributed by atoms with Gasteiger partial charge in [-0.25, -0.2) is 8.78 Å². The fourth-order valence-electron chi connectivity index (χ4n) is 3.29. The zero-order valence-corrected chi connectivity index (χ0v) is 13.9. The highest BCUT2D eigenvalue weighted by Crippen LogP contribution is 2.34. The van der Waals surface area contributed by atoms with Crippen LogP contribution in [0.2, 0.25) is 0 Å². The zero-order valence-electron chi connectivity index (χ0n) is 13.9. The molecule has 1 N–H and O–H groups in total. The predicted molar refractivity (Wildman–Crippen MR) is 91.2 cm³/mol. The molecule has 1 amide bonds. The van der Waals surface area contributed by atoms with Crippen molar-refractivity contribution in [2.75, 3.05) is 19.8 Å². The summed E-state index contributed by atoms with van der Waals surface area (Å²) >= 11 is 0. The van der Waals surface area contributed by atoms with Crippen LogP contribution in [0.15, 0.2) is 48.5 Å². The molecule has 0 atom stereocenters. The van der Waals surface area contributed by atoms with Crippen LogP contribution in [0.3, 0.4) is 0 Å². The van der Waals surface area contributed by atoms with E-state index in [0.717, 1.165) is 5.56 Å². The van der Waals surface area contributed by atoms with E-state index in [2.05, 4.69) is 5.32 Å². The van der Waals surface area contributed by atoms with E-state index in [-0.39, 0.29) is 29.4 Å². The molecule has 0 radical (unpaired) electrons. The average Bonchev–Trinajstić information content (AvgIpc) is 2.63. The van der Waals surface area contributed by atoms with Gasteiger partial charge in [-0.1, -0.05) is 30.3 Å². The molecule has 25 heavy (non-hydrogen) atoms. The van der Waals surface area contributed by atoms with Crippen molar-refractivity contribution >= 4 is 5.91 Å². The van der Waals surface area contributed by atoms with Gasteiger partial charge in [0.2, 0.25) is 5.91 Å². The SMILES string of the molecule is O=C(Cc1ccccc1F)NCC1(c2cccc(F)c2)CCOCC1. The molecule has 2 aromatic rings. The van der Waals surface area contributed by atoms with Gasteiger partial charge in [0.1, 0.15) is 11.6 Å². The van der Waals surface area contributed by atoms with Crippen molar-refractivity contribution in [1.82, 2.24) is 5.32 Å². The minimum Gasteiger partial charge on any atom is -0.381 e. The molecule has 2 aromatic carbocycles. The smallest absolute Gasteiger partial charge is 0.224 e. The molecule has 0 aromatic heterocycles. The van der Waals surface area contributed by atoms with E-state index in [4.69, 9.17) is 4.74 Å². The standard InChI is InChI=1S/C20H21F2NO2/c21-17-6-3-5-16(13-17)20(8-10-25-11-9-20)14-23-19(24)12-15-4-1-2-7-18(15)22/h1-7,13H,8-12,14H2,(H,23,24). The van der Waals surface area contributed by atoms with Crippen LogP contribution in [-0.2, 0) is 21.4 Å². The normalized spacial score (nSPS) is 16.4. The van der Waals surface area contributed by atoms with Gasteiger partial charge in [0, 0.05) is 25.2 Å². The molecule has 3 rings (SSSR count). The molecule has 5 heteroatoms. The second-order valence-corrected chi connectivity index (χ2v) is 6.45. The molecule has 1 saturated heterocycles. The van der Waals surface area contributed by atoms with Crippen LogP contribution in [0.1, 0.15) is 24.0 Å². The molecule has 3 nitrogen and oxygen atoms in total. The van der Waals surface area contributed by atoms with Gasteiger partial charge in [0.05, 0.1) is 6.42 Å². The second-order valence-electron chi connectivity index (χ2n) is 6.45. The number of carbonyl (C=O) groups is 1. The fourth-order valence-corrected chi connectivity index (χ4v) is 3.29. The topological polar surface area (TPSA) is 38.3 Å². The molecule has 0 bridgehead atoms. The Morgan fingerprint density at radius 2 is 1.84 bits per heavy atom. The van der Waals surface area contributed by atoms with Crippen LogP contribution in [0.4, 0.5) is 8.78 Å². The third-order valence-electron chi connectivity index (χ3n) is 4.82. The second kappa shape index (κ2) is 7.74.